The Morgan fingerprint density at radius 2 is 2.06 bits per heavy atom. The standard InChI is InChI=1S/C12H23N3O2/c1-14(2)12(17)10-6-5-9-15(10)11(16)7-3-4-8-13/h10H,3-9,13H2,1-2H3. The number of rotatable bonds is 5. The fraction of sp³-hybridized carbons (Fsp3) is 0.833. The van der Waals surface area contributed by atoms with Crippen molar-refractivity contribution in [2.45, 2.75) is 38.1 Å². The summed E-state index contributed by atoms with van der Waals surface area (Å²) in [6, 6.07) is -0.240. The van der Waals surface area contributed by atoms with Gasteiger partial charge >= 0.3 is 0 Å². The maximum Gasteiger partial charge on any atom is 0.244 e. The zero-order valence-corrected chi connectivity index (χ0v) is 10.8. The molecule has 0 aliphatic carbocycles. The van der Waals surface area contributed by atoms with Gasteiger partial charge in [-0.2, -0.15) is 0 Å². The highest BCUT2D eigenvalue weighted by molar-refractivity contribution is 5.88. The number of hydrogen-bond donors (Lipinski definition) is 1. The number of likely N-dealkylation sites (N-methyl/N-ethyl adjacent to an activating group) is 1. The van der Waals surface area contributed by atoms with E-state index in [9.17, 15) is 9.59 Å². The van der Waals surface area contributed by atoms with Crippen molar-refractivity contribution in [2.75, 3.05) is 27.2 Å². The van der Waals surface area contributed by atoms with E-state index in [2.05, 4.69) is 0 Å². The van der Waals surface area contributed by atoms with Crippen LogP contribution in [-0.4, -0.2) is 54.8 Å². The molecule has 1 unspecified atom stereocenters. The normalized spacial score (nSPS) is 19.5. The lowest BCUT2D eigenvalue weighted by Gasteiger charge is -2.26. The average molecular weight is 241 g/mol. The molecule has 5 nitrogen and oxygen atoms in total. The van der Waals surface area contributed by atoms with Crippen LogP contribution in [0.3, 0.4) is 0 Å². The Hall–Kier alpha value is -1.10. The topological polar surface area (TPSA) is 66.6 Å². The van der Waals surface area contributed by atoms with Crippen molar-refractivity contribution in [3.05, 3.63) is 0 Å². The molecule has 98 valence electrons. The Bertz CT molecular complexity index is 279. The van der Waals surface area contributed by atoms with Crippen molar-refractivity contribution in [1.29, 1.82) is 0 Å². The maximum absolute atomic E-state index is 12.0. The summed E-state index contributed by atoms with van der Waals surface area (Å²) in [7, 11) is 3.47. The molecule has 0 aromatic heterocycles. The number of carbonyl (C=O) groups excluding carboxylic acids is 2. The van der Waals surface area contributed by atoms with Crippen molar-refractivity contribution in [3.8, 4) is 0 Å². The highest BCUT2D eigenvalue weighted by Crippen LogP contribution is 2.20. The molecule has 1 rings (SSSR count). The van der Waals surface area contributed by atoms with Gasteiger partial charge in [0.05, 0.1) is 0 Å². The van der Waals surface area contributed by atoms with Gasteiger partial charge in [-0.05, 0) is 32.2 Å². The van der Waals surface area contributed by atoms with Crippen molar-refractivity contribution < 1.29 is 9.59 Å². The number of hydrogen-bond acceptors (Lipinski definition) is 3. The summed E-state index contributed by atoms with van der Waals surface area (Å²) < 4.78 is 0. The molecule has 0 radical (unpaired) electrons. The SMILES string of the molecule is CN(C)C(=O)C1CCCN1C(=O)CCCCN. The van der Waals surface area contributed by atoms with Crippen molar-refractivity contribution in [1.82, 2.24) is 9.80 Å². The van der Waals surface area contributed by atoms with E-state index in [0.29, 0.717) is 19.5 Å². The molecule has 0 aromatic carbocycles. The second-order valence-electron chi connectivity index (χ2n) is 4.72. The molecule has 1 aliphatic rings. The number of carbonyl (C=O) groups is 2. The van der Waals surface area contributed by atoms with Crippen LogP contribution in [0.15, 0.2) is 0 Å². The van der Waals surface area contributed by atoms with Crippen molar-refractivity contribution in [2.24, 2.45) is 5.73 Å². The molecule has 1 heterocycles. The Balaban J connectivity index is 2.51. The van der Waals surface area contributed by atoms with E-state index < -0.39 is 0 Å². The first kappa shape index (κ1) is 14.0. The lowest BCUT2D eigenvalue weighted by Crippen LogP contribution is -2.45. The number of amides is 2. The van der Waals surface area contributed by atoms with Crippen LogP contribution in [0.4, 0.5) is 0 Å². The highest BCUT2D eigenvalue weighted by Gasteiger charge is 2.34. The largest absolute Gasteiger partial charge is 0.347 e. The van der Waals surface area contributed by atoms with Crippen LogP contribution in [0.1, 0.15) is 32.1 Å². The van der Waals surface area contributed by atoms with Crippen molar-refractivity contribution >= 4 is 11.8 Å². The first-order valence-electron chi connectivity index (χ1n) is 6.28. The van der Waals surface area contributed by atoms with Gasteiger partial charge in [0.1, 0.15) is 6.04 Å². The van der Waals surface area contributed by atoms with Gasteiger partial charge in [0.15, 0.2) is 0 Å². The Morgan fingerprint density at radius 3 is 2.65 bits per heavy atom. The van der Waals surface area contributed by atoms with Crippen LogP contribution in [0.25, 0.3) is 0 Å². The van der Waals surface area contributed by atoms with E-state index in [1.54, 1.807) is 23.9 Å². The zero-order valence-electron chi connectivity index (χ0n) is 10.8. The molecule has 2 N–H and O–H groups in total. The van der Waals surface area contributed by atoms with Crippen LogP contribution in [-0.2, 0) is 9.59 Å². The summed E-state index contributed by atoms with van der Waals surface area (Å²) in [4.78, 5) is 27.2. The fourth-order valence-corrected chi connectivity index (χ4v) is 2.18. The summed E-state index contributed by atoms with van der Waals surface area (Å²) in [5.41, 5.74) is 5.40. The average Bonchev–Trinajstić information content (AvgIpc) is 2.76. The minimum atomic E-state index is -0.240. The van der Waals surface area contributed by atoms with Crippen LogP contribution in [0, 0.1) is 0 Å². The van der Waals surface area contributed by atoms with Gasteiger partial charge in [-0.15, -0.1) is 0 Å². The first-order chi connectivity index (χ1) is 8.07. The third-order valence-electron chi connectivity index (χ3n) is 3.14. The van der Waals surface area contributed by atoms with E-state index >= 15 is 0 Å². The number of nitrogens with two attached hydrogens (primary N) is 1. The Morgan fingerprint density at radius 1 is 1.35 bits per heavy atom. The molecule has 1 fully saturated rings. The predicted molar refractivity (Wildman–Crippen MR) is 66.3 cm³/mol. The number of likely N-dealkylation sites (tertiary alicyclic amines) is 1. The van der Waals surface area contributed by atoms with Crippen LogP contribution in [0.5, 0.6) is 0 Å². The molecular formula is C12H23N3O2. The minimum Gasteiger partial charge on any atom is -0.347 e. The molecule has 1 atom stereocenters. The summed E-state index contributed by atoms with van der Waals surface area (Å²) >= 11 is 0. The summed E-state index contributed by atoms with van der Waals surface area (Å²) in [6.07, 6.45) is 3.90. The zero-order chi connectivity index (χ0) is 12.8. The summed E-state index contributed by atoms with van der Waals surface area (Å²) in [5, 5.41) is 0. The lowest BCUT2D eigenvalue weighted by molar-refractivity contribution is -0.142. The number of nitrogens with zero attached hydrogens (tertiary/aromatic N) is 2. The molecule has 0 saturated carbocycles. The van der Waals surface area contributed by atoms with Crippen molar-refractivity contribution in [3.63, 3.8) is 0 Å². The smallest absolute Gasteiger partial charge is 0.244 e. The molecule has 1 aliphatic heterocycles. The van der Waals surface area contributed by atoms with E-state index in [-0.39, 0.29) is 17.9 Å². The van der Waals surface area contributed by atoms with Gasteiger partial charge in [0.2, 0.25) is 11.8 Å². The van der Waals surface area contributed by atoms with E-state index in [1.165, 1.54) is 0 Å². The summed E-state index contributed by atoms with van der Waals surface area (Å²) in [5.74, 6) is 0.130. The second kappa shape index (κ2) is 6.59. The number of unbranched alkanes of at least 4 members (excludes halogenated alkanes) is 1. The first-order valence-corrected chi connectivity index (χ1v) is 6.28. The highest BCUT2D eigenvalue weighted by atomic mass is 16.2. The van der Waals surface area contributed by atoms with Gasteiger partial charge in [-0.3, -0.25) is 9.59 Å². The maximum atomic E-state index is 12.0. The van der Waals surface area contributed by atoms with E-state index in [4.69, 9.17) is 5.73 Å². The molecule has 0 aromatic rings. The van der Waals surface area contributed by atoms with Crippen LogP contribution in [0.2, 0.25) is 0 Å². The monoisotopic (exact) mass is 241 g/mol. The van der Waals surface area contributed by atoms with E-state index in [1.807, 2.05) is 0 Å². The van der Waals surface area contributed by atoms with Crippen LogP contribution >= 0.6 is 0 Å². The molecule has 17 heavy (non-hydrogen) atoms. The molecule has 0 bridgehead atoms. The van der Waals surface area contributed by atoms with Gasteiger partial charge in [0, 0.05) is 27.1 Å². The third-order valence-corrected chi connectivity index (χ3v) is 3.14. The molecule has 5 heteroatoms. The quantitative estimate of drug-likeness (QED) is 0.699. The minimum absolute atomic E-state index is 0.0367. The Labute approximate surface area is 103 Å². The Kier molecular flexibility index (Phi) is 5.41. The van der Waals surface area contributed by atoms with Gasteiger partial charge < -0.3 is 15.5 Å². The van der Waals surface area contributed by atoms with Crippen LogP contribution < -0.4 is 5.73 Å². The molecule has 0 spiro atoms. The summed E-state index contributed by atoms with van der Waals surface area (Å²) in [6.45, 7) is 1.33. The molecular weight excluding hydrogens is 218 g/mol. The predicted octanol–water partition coefficient (Wildman–Crippen LogP) is 0.195. The molecule has 2 amide bonds. The second-order valence-corrected chi connectivity index (χ2v) is 4.72. The van der Waals surface area contributed by atoms with E-state index in [0.717, 1.165) is 25.7 Å². The van der Waals surface area contributed by atoms with Gasteiger partial charge in [-0.1, -0.05) is 0 Å². The third kappa shape index (κ3) is 3.70. The van der Waals surface area contributed by atoms with Gasteiger partial charge in [0.25, 0.3) is 0 Å². The lowest BCUT2D eigenvalue weighted by atomic mass is 10.1. The molecule has 1 saturated heterocycles. The van der Waals surface area contributed by atoms with Gasteiger partial charge in [-0.25, -0.2) is 0 Å². The fourth-order valence-electron chi connectivity index (χ4n) is 2.18.